The lowest BCUT2D eigenvalue weighted by molar-refractivity contribution is -0.728. The first-order chi connectivity index (χ1) is 10.7. The van der Waals surface area contributed by atoms with Gasteiger partial charge in [-0.1, -0.05) is 29.8 Å². The first-order valence-corrected chi connectivity index (χ1v) is 7.69. The van der Waals surface area contributed by atoms with E-state index < -0.39 is 11.5 Å². The van der Waals surface area contributed by atoms with Crippen LogP contribution < -0.4 is 28.7 Å². The highest BCUT2D eigenvalue weighted by Crippen LogP contribution is 2.20. The molecule has 0 radical (unpaired) electrons. The molecule has 1 aromatic heterocycles. The van der Waals surface area contributed by atoms with Crippen LogP contribution in [0.3, 0.4) is 0 Å². The van der Waals surface area contributed by atoms with Gasteiger partial charge in [0.1, 0.15) is 11.1 Å². The predicted molar refractivity (Wildman–Crippen MR) is 86.9 cm³/mol. The maximum atomic E-state index is 12.6. The van der Waals surface area contributed by atoms with Gasteiger partial charge in [-0.15, -0.1) is 0 Å². The zero-order valence-electron chi connectivity index (χ0n) is 14.7. The Morgan fingerprint density at radius 3 is 2.50 bits per heavy atom. The van der Waals surface area contributed by atoms with Gasteiger partial charge in [0.05, 0.1) is 11.5 Å². The van der Waals surface area contributed by atoms with Crippen LogP contribution in [0.2, 0.25) is 0 Å². The Kier molecular flexibility index (Phi) is 6.83. The molecule has 6 heteroatoms. The van der Waals surface area contributed by atoms with Crippen LogP contribution in [0.1, 0.15) is 44.5 Å². The number of carbonyl (C=O) groups is 2. The Labute approximate surface area is 159 Å². The number of rotatable bonds is 4. The molecule has 2 rings (SSSR count). The fourth-order valence-corrected chi connectivity index (χ4v) is 2.34. The maximum Gasteiger partial charge on any atom is 0.309 e. The monoisotopic (exact) mass is 442 g/mol. The molecular weight excluding hydrogens is 419 g/mol. The maximum absolute atomic E-state index is 12.6. The molecule has 0 bridgehead atoms. The molecule has 1 heterocycles. The fraction of sp³-hybridized carbons (Fsp3) is 0.444. The third-order valence-corrected chi connectivity index (χ3v) is 3.38. The van der Waals surface area contributed by atoms with Crippen molar-refractivity contribution in [3.8, 4) is 0 Å². The standard InChI is InChI=1S/C18H23N2O3.HI/c1-12(17(22)23-18(2,3)4)10-16(21)14-11-20(5)19-15-9-7-6-8-13(14)15;/h6-9,11-12H,10H2,1-5H3;1H/q+1;/p-1/t12-;/m0./s1. The SMILES string of the molecule is C[C@@H](CC(=O)c1c[n+](C)nc2ccccc12)C(=O)OC(C)(C)C.[I-]. The summed E-state index contributed by atoms with van der Waals surface area (Å²) < 4.78 is 6.96. The normalized spacial score (nSPS) is 12.4. The minimum absolute atomic E-state index is 0. The van der Waals surface area contributed by atoms with E-state index in [-0.39, 0.29) is 42.2 Å². The number of hydrogen-bond acceptors (Lipinski definition) is 4. The molecule has 0 spiro atoms. The second kappa shape index (κ2) is 8.00. The van der Waals surface area contributed by atoms with E-state index in [0.29, 0.717) is 5.56 Å². The van der Waals surface area contributed by atoms with Crippen LogP contribution in [0.4, 0.5) is 0 Å². The number of aryl methyl sites for hydroxylation is 1. The van der Waals surface area contributed by atoms with Crippen molar-refractivity contribution in [1.82, 2.24) is 5.10 Å². The van der Waals surface area contributed by atoms with Crippen molar-refractivity contribution in [2.45, 2.75) is 39.7 Å². The molecule has 0 saturated heterocycles. The number of carbonyl (C=O) groups excluding carboxylic acids is 2. The highest BCUT2D eigenvalue weighted by atomic mass is 127. The summed E-state index contributed by atoms with van der Waals surface area (Å²) in [6.07, 6.45) is 1.81. The van der Waals surface area contributed by atoms with E-state index in [1.54, 1.807) is 24.9 Å². The van der Waals surface area contributed by atoms with Crippen LogP contribution in [0.25, 0.3) is 10.9 Å². The molecule has 0 saturated carbocycles. The van der Waals surface area contributed by atoms with Gasteiger partial charge in [0.2, 0.25) is 6.20 Å². The van der Waals surface area contributed by atoms with Crippen molar-refractivity contribution in [2.24, 2.45) is 13.0 Å². The molecule has 1 aromatic carbocycles. The number of halogens is 1. The number of aromatic nitrogens is 2. The van der Waals surface area contributed by atoms with E-state index in [1.165, 1.54) is 0 Å². The van der Waals surface area contributed by atoms with E-state index >= 15 is 0 Å². The van der Waals surface area contributed by atoms with Crippen LogP contribution in [-0.4, -0.2) is 22.5 Å². The average molecular weight is 442 g/mol. The van der Waals surface area contributed by atoms with Gasteiger partial charge in [-0.05, 0) is 31.9 Å². The second-order valence-electron chi connectivity index (χ2n) is 6.80. The fourth-order valence-electron chi connectivity index (χ4n) is 2.34. The van der Waals surface area contributed by atoms with Crippen molar-refractivity contribution in [3.63, 3.8) is 0 Å². The van der Waals surface area contributed by atoms with E-state index in [9.17, 15) is 9.59 Å². The Hall–Kier alpha value is -1.57. The number of fused-ring (bicyclic) bond motifs is 1. The Morgan fingerprint density at radius 1 is 1.25 bits per heavy atom. The third kappa shape index (κ3) is 5.22. The van der Waals surface area contributed by atoms with Crippen molar-refractivity contribution < 1.29 is 43.0 Å². The molecule has 0 aliphatic carbocycles. The van der Waals surface area contributed by atoms with E-state index in [1.807, 2.05) is 45.0 Å². The molecule has 0 aliphatic heterocycles. The van der Waals surface area contributed by atoms with Crippen LogP contribution in [0.5, 0.6) is 0 Å². The molecule has 2 aromatic rings. The minimum atomic E-state index is -0.551. The summed E-state index contributed by atoms with van der Waals surface area (Å²) in [6.45, 7) is 7.16. The average Bonchev–Trinajstić information content (AvgIpc) is 2.44. The number of benzene rings is 1. The van der Waals surface area contributed by atoms with Gasteiger partial charge in [-0.3, -0.25) is 9.59 Å². The van der Waals surface area contributed by atoms with Crippen LogP contribution in [-0.2, 0) is 16.6 Å². The number of nitrogens with zero attached hydrogens (tertiary/aromatic N) is 2. The molecule has 24 heavy (non-hydrogen) atoms. The zero-order valence-corrected chi connectivity index (χ0v) is 16.8. The number of esters is 1. The molecule has 0 N–H and O–H groups in total. The Morgan fingerprint density at radius 2 is 1.88 bits per heavy atom. The van der Waals surface area contributed by atoms with Crippen molar-refractivity contribution in [1.29, 1.82) is 0 Å². The van der Waals surface area contributed by atoms with E-state index in [0.717, 1.165) is 10.9 Å². The summed E-state index contributed by atoms with van der Waals surface area (Å²) in [4.78, 5) is 24.7. The summed E-state index contributed by atoms with van der Waals surface area (Å²) in [6, 6.07) is 7.49. The lowest BCUT2D eigenvalue weighted by atomic mass is 9.98. The van der Waals surface area contributed by atoms with E-state index in [4.69, 9.17) is 4.74 Å². The van der Waals surface area contributed by atoms with Gasteiger partial charge in [0, 0.05) is 11.8 Å². The van der Waals surface area contributed by atoms with Crippen molar-refractivity contribution in [3.05, 3.63) is 36.0 Å². The predicted octanol–water partition coefficient (Wildman–Crippen LogP) is -0.386. The highest BCUT2D eigenvalue weighted by Gasteiger charge is 2.26. The smallest absolute Gasteiger partial charge is 0.309 e. The van der Waals surface area contributed by atoms with Gasteiger partial charge < -0.3 is 28.7 Å². The molecule has 0 unspecified atom stereocenters. The molecule has 1 atom stereocenters. The van der Waals surface area contributed by atoms with Gasteiger partial charge in [-0.25, -0.2) is 0 Å². The van der Waals surface area contributed by atoms with Gasteiger partial charge in [0.25, 0.3) is 0 Å². The molecule has 0 amide bonds. The largest absolute Gasteiger partial charge is 1.00 e. The van der Waals surface area contributed by atoms with Crippen LogP contribution in [0, 0.1) is 5.92 Å². The summed E-state index contributed by atoms with van der Waals surface area (Å²) in [5, 5.41) is 5.15. The molecule has 0 fully saturated rings. The quantitative estimate of drug-likeness (QED) is 0.280. The van der Waals surface area contributed by atoms with E-state index in [2.05, 4.69) is 5.10 Å². The molecular formula is C18H23IN2O3. The van der Waals surface area contributed by atoms with Gasteiger partial charge in [0.15, 0.2) is 12.8 Å². The molecule has 0 aliphatic rings. The summed E-state index contributed by atoms with van der Waals surface area (Å²) in [7, 11) is 1.78. The topological polar surface area (TPSA) is 60.1 Å². The van der Waals surface area contributed by atoms with Crippen LogP contribution >= 0.6 is 0 Å². The Bertz CT molecular complexity index is 754. The summed E-state index contributed by atoms with van der Waals surface area (Å²) in [5.41, 5.74) is 0.781. The zero-order chi connectivity index (χ0) is 17.2. The number of hydrogen-bond donors (Lipinski definition) is 0. The Balaban J connectivity index is 0.00000288. The highest BCUT2D eigenvalue weighted by molar-refractivity contribution is 6.07. The summed E-state index contributed by atoms with van der Waals surface area (Å²) >= 11 is 0. The molecule has 130 valence electrons. The third-order valence-electron chi connectivity index (χ3n) is 3.38. The minimum Gasteiger partial charge on any atom is -1.00 e. The van der Waals surface area contributed by atoms with Crippen molar-refractivity contribution >= 4 is 22.7 Å². The van der Waals surface area contributed by atoms with Gasteiger partial charge >= 0.3 is 5.97 Å². The van der Waals surface area contributed by atoms with Crippen LogP contribution in [0.15, 0.2) is 30.5 Å². The lowest BCUT2D eigenvalue weighted by Crippen LogP contribution is -3.00. The lowest BCUT2D eigenvalue weighted by Gasteiger charge is -2.22. The first-order valence-electron chi connectivity index (χ1n) is 7.69. The summed E-state index contributed by atoms with van der Waals surface area (Å²) in [5.74, 6) is -0.926. The second-order valence-corrected chi connectivity index (χ2v) is 6.80. The number of ketones is 1. The van der Waals surface area contributed by atoms with Gasteiger partial charge in [-0.2, -0.15) is 0 Å². The number of Topliss-reactive ketones (excluding diaryl/α,β-unsaturated/α-hetero) is 1. The number of ether oxygens (including phenoxy) is 1. The molecule has 5 nitrogen and oxygen atoms in total. The van der Waals surface area contributed by atoms with Crippen molar-refractivity contribution in [2.75, 3.05) is 0 Å². The first kappa shape index (κ1) is 20.5.